The fraction of sp³-hybridized carbons (Fsp3) is 0.143. The van der Waals surface area contributed by atoms with Gasteiger partial charge in [-0.25, -0.2) is 0 Å². The van der Waals surface area contributed by atoms with Crippen molar-refractivity contribution in [3.8, 4) is 11.1 Å². The third kappa shape index (κ3) is 1.87. The number of carbonyl (C=O) groups excluding carboxylic acids is 1. The lowest BCUT2D eigenvalue weighted by Gasteiger charge is -2.08. The van der Waals surface area contributed by atoms with E-state index in [-0.39, 0.29) is 0 Å². The molecule has 0 amide bonds. The van der Waals surface area contributed by atoms with Crippen molar-refractivity contribution < 1.29 is 4.79 Å². The second kappa shape index (κ2) is 4.27. The number of aldehydes is 1. The van der Waals surface area contributed by atoms with Crippen molar-refractivity contribution >= 4 is 6.29 Å². The van der Waals surface area contributed by atoms with Crippen molar-refractivity contribution in [1.29, 1.82) is 0 Å². The number of benzene rings is 1. The van der Waals surface area contributed by atoms with Gasteiger partial charge in [0, 0.05) is 18.0 Å². The molecule has 0 atom stereocenters. The molecule has 0 spiro atoms. The zero-order valence-corrected chi connectivity index (χ0v) is 9.40. The lowest BCUT2D eigenvalue weighted by Crippen LogP contribution is -1.93. The Morgan fingerprint density at radius 3 is 2.38 bits per heavy atom. The summed E-state index contributed by atoms with van der Waals surface area (Å²) in [5.74, 6) is 0. The van der Waals surface area contributed by atoms with E-state index in [1.807, 2.05) is 38.1 Å². The van der Waals surface area contributed by atoms with Gasteiger partial charge in [0.05, 0.1) is 0 Å². The Labute approximate surface area is 95.0 Å². The first-order valence-electron chi connectivity index (χ1n) is 5.19. The average Bonchev–Trinajstić information content (AvgIpc) is 2.30. The average molecular weight is 211 g/mol. The Hall–Kier alpha value is -1.96. The van der Waals surface area contributed by atoms with Gasteiger partial charge in [-0.2, -0.15) is 0 Å². The molecule has 16 heavy (non-hydrogen) atoms. The van der Waals surface area contributed by atoms with Crippen molar-refractivity contribution in [2.45, 2.75) is 13.8 Å². The number of nitrogens with zero attached hydrogens (tertiary/aromatic N) is 1. The Kier molecular flexibility index (Phi) is 2.82. The van der Waals surface area contributed by atoms with Crippen LogP contribution in [0.2, 0.25) is 0 Å². The Balaban J connectivity index is 2.63. The lowest BCUT2D eigenvalue weighted by atomic mass is 9.97. The van der Waals surface area contributed by atoms with Crippen LogP contribution < -0.4 is 0 Å². The van der Waals surface area contributed by atoms with Gasteiger partial charge in [-0.15, -0.1) is 0 Å². The van der Waals surface area contributed by atoms with Crippen molar-refractivity contribution in [3.63, 3.8) is 0 Å². The molecular weight excluding hydrogens is 198 g/mol. The molecule has 0 saturated heterocycles. The predicted molar refractivity (Wildman–Crippen MR) is 64.5 cm³/mol. The maximum Gasteiger partial charge on any atom is 0.152 e. The van der Waals surface area contributed by atoms with Gasteiger partial charge in [-0.1, -0.05) is 29.8 Å². The summed E-state index contributed by atoms with van der Waals surface area (Å²) in [6.45, 7) is 4.01. The van der Waals surface area contributed by atoms with Crippen molar-refractivity contribution in [2.75, 3.05) is 0 Å². The molecule has 0 N–H and O–H groups in total. The van der Waals surface area contributed by atoms with Crippen LogP contribution >= 0.6 is 0 Å². The van der Waals surface area contributed by atoms with Crippen LogP contribution in [0.4, 0.5) is 0 Å². The molecule has 0 aliphatic rings. The minimum absolute atomic E-state index is 0.642. The summed E-state index contributed by atoms with van der Waals surface area (Å²) in [5.41, 5.74) is 4.91. The van der Waals surface area contributed by atoms with Gasteiger partial charge < -0.3 is 0 Å². The van der Waals surface area contributed by atoms with E-state index in [0.29, 0.717) is 5.56 Å². The first-order valence-corrected chi connectivity index (χ1v) is 5.19. The van der Waals surface area contributed by atoms with Crippen LogP contribution in [0.15, 0.2) is 36.7 Å². The van der Waals surface area contributed by atoms with Gasteiger partial charge >= 0.3 is 0 Å². The molecule has 1 aromatic heterocycles. The van der Waals surface area contributed by atoms with E-state index < -0.39 is 0 Å². The molecule has 80 valence electrons. The van der Waals surface area contributed by atoms with Gasteiger partial charge in [-0.05, 0) is 30.5 Å². The largest absolute Gasteiger partial charge is 0.298 e. The number of pyridine rings is 1. The van der Waals surface area contributed by atoms with Crippen LogP contribution in [0.25, 0.3) is 11.1 Å². The molecule has 2 rings (SSSR count). The second-order valence-corrected chi connectivity index (χ2v) is 3.90. The van der Waals surface area contributed by atoms with Crippen molar-refractivity contribution in [3.05, 3.63) is 53.3 Å². The highest BCUT2D eigenvalue weighted by molar-refractivity contribution is 5.88. The Morgan fingerprint density at radius 2 is 1.75 bits per heavy atom. The summed E-state index contributed by atoms with van der Waals surface area (Å²) in [6, 6.07) is 8.16. The fourth-order valence-corrected chi connectivity index (χ4v) is 1.79. The van der Waals surface area contributed by atoms with Crippen LogP contribution in [0, 0.1) is 13.8 Å². The molecule has 2 nitrogen and oxygen atoms in total. The highest BCUT2D eigenvalue weighted by atomic mass is 16.1. The molecule has 1 heterocycles. The van der Waals surface area contributed by atoms with E-state index >= 15 is 0 Å². The Morgan fingerprint density at radius 1 is 1.06 bits per heavy atom. The molecule has 0 fully saturated rings. The summed E-state index contributed by atoms with van der Waals surface area (Å²) in [4.78, 5) is 15.0. The third-order valence-electron chi connectivity index (χ3n) is 2.63. The van der Waals surface area contributed by atoms with E-state index in [4.69, 9.17) is 0 Å². The van der Waals surface area contributed by atoms with Gasteiger partial charge in [0.1, 0.15) is 0 Å². The molecule has 0 unspecified atom stereocenters. The van der Waals surface area contributed by atoms with Crippen molar-refractivity contribution in [2.24, 2.45) is 0 Å². The highest BCUT2D eigenvalue weighted by Gasteiger charge is 2.07. The molecule has 0 saturated carbocycles. The zero-order chi connectivity index (χ0) is 11.5. The first kappa shape index (κ1) is 10.6. The number of aromatic nitrogens is 1. The molecule has 0 radical (unpaired) electrons. The van der Waals surface area contributed by atoms with Crippen molar-refractivity contribution in [1.82, 2.24) is 4.98 Å². The maximum absolute atomic E-state index is 11.0. The topological polar surface area (TPSA) is 30.0 Å². The summed E-state index contributed by atoms with van der Waals surface area (Å²) in [7, 11) is 0. The summed E-state index contributed by atoms with van der Waals surface area (Å²) < 4.78 is 0. The fourth-order valence-electron chi connectivity index (χ4n) is 1.79. The third-order valence-corrected chi connectivity index (χ3v) is 2.63. The standard InChI is InChI=1S/C14H13NO/c1-10-3-5-12(6-4-10)14-11(2)7-15-8-13(14)9-16/h3-9H,1-2H3. The monoisotopic (exact) mass is 211 g/mol. The van der Waals surface area contributed by atoms with Crippen LogP contribution in [-0.4, -0.2) is 11.3 Å². The summed E-state index contributed by atoms with van der Waals surface area (Å²) in [5, 5.41) is 0. The highest BCUT2D eigenvalue weighted by Crippen LogP contribution is 2.25. The van der Waals surface area contributed by atoms with E-state index in [9.17, 15) is 4.79 Å². The van der Waals surface area contributed by atoms with E-state index in [1.165, 1.54) is 5.56 Å². The minimum Gasteiger partial charge on any atom is -0.298 e. The second-order valence-electron chi connectivity index (χ2n) is 3.90. The number of aryl methyl sites for hydroxylation is 2. The quantitative estimate of drug-likeness (QED) is 0.714. The zero-order valence-electron chi connectivity index (χ0n) is 9.40. The Bertz CT molecular complexity index is 515. The predicted octanol–water partition coefficient (Wildman–Crippen LogP) is 3.18. The summed E-state index contributed by atoms with van der Waals surface area (Å²) in [6.07, 6.45) is 4.24. The molecule has 0 aliphatic heterocycles. The molecular formula is C14H13NO. The number of hydrogen-bond donors (Lipinski definition) is 0. The minimum atomic E-state index is 0.642. The molecule has 0 bridgehead atoms. The van der Waals surface area contributed by atoms with Crippen LogP contribution in [0.5, 0.6) is 0 Å². The van der Waals surface area contributed by atoms with Gasteiger partial charge in [-0.3, -0.25) is 9.78 Å². The van der Waals surface area contributed by atoms with Crippen LogP contribution in [0.1, 0.15) is 21.5 Å². The molecule has 1 aromatic carbocycles. The van der Waals surface area contributed by atoms with E-state index in [2.05, 4.69) is 4.98 Å². The molecule has 2 aromatic rings. The maximum atomic E-state index is 11.0. The van der Waals surface area contributed by atoms with E-state index in [1.54, 1.807) is 12.4 Å². The lowest BCUT2D eigenvalue weighted by molar-refractivity contribution is 0.112. The SMILES string of the molecule is Cc1ccc(-c2c(C)cncc2C=O)cc1. The number of hydrogen-bond acceptors (Lipinski definition) is 2. The van der Waals surface area contributed by atoms with Crippen LogP contribution in [0.3, 0.4) is 0 Å². The molecule has 2 heteroatoms. The van der Waals surface area contributed by atoms with E-state index in [0.717, 1.165) is 23.0 Å². The summed E-state index contributed by atoms with van der Waals surface area (Å²) >= 11 is 0. The number of carbonyl (C=O) groups is 1. The smallest absolute Gasteiger partial charge is 0.152 e. The molecule has 0 aliphatic carbocycles. The van der Waals surface area contributed by atoms with Gasteiger partial charge in [0.15, 0.2) is 6.29 Å². The number of rotatable bonds is 2. The normalized spacial score (nSPS) is 10.1. The van der Waals surface area contributed by atoms with Crippen LogP contribution in [-0.2, 0) is 0 Å². The van der Waals surface area contributed by atoms with Gasteiger partial charge in [0.2, 0.25) is 0 Å². The first-order chi connectivity index (χ1) is 7.72. The van der Waals surface area contributed by atoms with Gasteiger partial charge in [0.25, 0.3) is 0 Å².